The number of carbonyl (C=O) groups excluding carboxylic acids is 3. The Kier molecular flexibility index (Phi) is 5.89. The number of aromatic nitrogens is 1. The molecule has 144 valence electrons. The van der Waals surface area contributed by atoms with Crippen molar-refractivity contribution in [1.29, 1.82) is 0 Å². The van der Waals surface area contributed by atoms with Gasteiger partial charge in [-0.05, 0) is 49.7 Å². The molecular weight excluding hydrogens is 358 g/mol. The number of fused-ring (bicyclic) bond motifs is 1. The van der Waals surface area contributed by atoms with Crippen molar-refractivity contribution >= 4 is 28.7 Å². The number of hydrogen-bond donors (Lipinski definition) is 0. The van der Waals surface area contributed by atoms with Crippen molar-refractivity contribution < 1.29 is 23.9 Å². The van der Waals surface area contributed by atoms with Crippen molar-refractivity contribution in [3.05, 3.63) is 71.4 Å². The highest BCUT2D eigenvalue weighted by atomic mass is 16.5. The monoisotopic (exact) mass is 379 g/mol. The van der Waals surface area contributed by atoms with E-state index in [0.29, 0.717) is 16.6 Å². The maximum absolute atomic E-state index is 12.8. The molecule has 0 unspecified atom stereocenters. The van der Waals surface area contributed by atoms with E-state index in [9.17, 15) is 14.4 Å². The lowest BCUT2D eigenvalue weighted by Gasteiger charge is -2.11. The fourth-order valence-electron chi connectivity index (χ4n) is 3.04. The van der Waals surface area contributed by atoms with Crippen LogP contribution >= 0.6 is 0 Å². The van der Waals surface area contributed by atoms with Crippen LogP contribution in [0.2, 0.25) is 0 Å². The van der Waals surface area contributed by atoms with Crippen molar-refractivity contribution in [3.8, 4) is 0 Å². The number of hydrogen-bond acceptors (Lipinski definition) is 5. The Labute approximate surface area is 162 Å². The molecule has 1 heterocycles. The second kappa shape index (κ2) is 8.52. The average Bonchev–Trinajstić information content (AvgIpc) is 3.10. The summed E-state index contributed by atoms with van der Waals surface area (Å²) in [6.07, 6.45) is 1.61. The lowest BCUT2D eigenvalue weighted by molar-refractivity contribution is -0.142. The second-order valence-electron chi connectivity index (χ2n) is 6.13. The number of carbonyl (C=O) groups is 3. The summed E-state index contributed by atoms with van der Waals surface area (Å²) < 4.78 is 11.6. The Morgan fingerprint density at radius 3 is 2.32 bits per heavy atom. The molecule has 0 bridgehead atoms. The highest BCUT2D eigenvalue weighted by molar-refractivity contribution is 6.04. The molecule has 0 atom stereocenters. The zero-order valence-corrected chi connectivity index (χ0v) is 15.8. The molecule has 0 aliphatic heterocycles. The van der Waals surface area contributed by atoms with E-state index in [4.69, 9.17) is 9.47 Å². The van der Waals surface area contributed by atoms with Gasteiger partial charge in [0.05, 0.1) is 30.7 Å². The van der Waals surface area contributed by atoms with E-state index in [0.717, 1.165) is 5.39 Å². The van der Waals surface area contributed by atoms with E-state index in [-0.39, 0.29) is 31.1 Å². The largest absolute Gasteiger partial charge is 0.466 e. The number of benzene rings is 2. The summed E-state index contributed by atoms with van der Waals surface area (Å²) in [6.45, 7) is 3.91. The molecule has 0 aliphatic carbocycles. The first-order chi connectivity index (χ1) is 13.5. The first kappa shape index (κ1) is 19.4. The quantitative estimate of drug-likeness (QED) is 0.612. The first-order valence-corrected chi connectivity index (χ1v) is 9.11. The van der Waals surface area contributed by atoms with Crippen LogP contribution < -0.4 is 0 Å². The van der Waals surface area contributed by atoms with Gasteiger partial charge in [-0.2, -0.15) is 0 Å². The van der Waals surface area contributed by atoms with Crippen molar-refractivity contribution in [3.63, 3.8) is 0 Å². The van der Waals surface area contributed by atoms with Gasteiger partial charge in [0.2, 0.25) is 0 Å². The Bertz CT molecular complexity index is 1020. The minimum atomic E-state index is -0.538. The topological polar surface area (TPSA) is 74.6 Å². The molecule has 0 saturated heterocycles. The maximum Gasteiger partial charge on any atom is 0.338 e. The molecule has 3 aromatic rings. The fourth-order valence-corrected chi connectivity index (χ4v) is 3.04. The van der Waals surface area contributed by atoms with E-state index in [1.54, 1.807) is 62.5 Å². The molecule has 0 fully saturated rings. The number of ether oxygens (including phenoxy) is 2. The summed E-state index contributed by atoms with van der Waals surface area (Å²) in [6, 6.07) is 14.0. The number of esters is 2. The van der Waals surface area contributed by atoms with Crippen LogP contribution in [0.3, 0.4) is 0 Å². The van der Waals surface area contributed by atoms with Gasteiger partial charge in [-0.25, -0.2) is 4.79 Å². The van der Waals surface area contributed by atoms with E-state index in [2.05, 4.69) is 0 Å². The molecule has 3 rings (SSSR count). The van der Waals surface area contributed by atoms with Crippen molar-refractivity contribution in [2.24, 2.45) is 0 Å². The Hall–Kier alpha value is -3.41. The van der Waals surface area contributed by atoms with Crippen LogP contribution in [0.15, 0.2) is 54.7 Å². The van der Waals surface area contributed by atoms with Gasteiger partial charge >= 0.3 is 11.9 Å². The lowest BCUT2D eigenvalue weighted by Crippen LogP contribution is -2.15. The van der Waals surface area contributed by atoms with Crippen molar-refractivity contribution in [1.82, 2.24) is 4.57 Å². The third kappa shape index (κ3) is 3.96. The summed E-state index contributed by atoms with van der Waals surface area (Å²) in [5, 5.41) is 0.747. The molecule has 6 nitrogen and oxygen atoms in total. The van der Waals surface area contributed by atoms with E-state index >= 15 is 0 Å². The molecular formula is C22H21NO5. The third-order valence-corrected chi connectivity index (χ3v) is 4.29. The lowest BCUT2D eigenvalue weighted by atomic mass is 10.0. The highest BCUT2D eigenvalue weighted by Gasteiger charge is 2.20. The molecule has 28 heavy (non-hydrogen) atoms. The van der Waals surface area contributed by atoms with E-state index in [1.807, 2.05) is 6.07 Å². The Morgan fingerprint density at radius 2 is 1.64 bits per heavy atom. The van der Waals surface area contributed by atoms with Crippen LogP contribution in [0.5, 0.6) is 0 Å². The summed E-state index contributed by atoms with van der Waals surface area (Å²) in [4.78, 5) is 37.2. The molecule has 0 aliphatic rings. The first-order valence-electron chi connectivity index (χ1n) is 9.11. The van der Waals surface area contributed by atoms with Gasteiger partial charge in [-0.15, -0.1) is 0 Å². The molecule has 0 spiro atoms. The number of nitrogens with zero attached hydrogens (tertiary/aromatic N) is 1. The zero-order valence-electron chi connectivity index (χ0n) is 15.8. The standard InChI is InChI=1S/C22H21NO5/c1-3-27-20(24)13-17-12-16-10-11-23(21(25)15-8-6-5-7-9-15)19(16)14-18(17)22(26)28-4-2/h5-12,14H,3-4,13H2,1-2H3. The van der Waals surface area contributed by atoms with Crippen LogP contribution in [0, 0.1) is 0 Å². The SMILES string of the molecule is CCOC(=O)Cc1cc2ccn(C(=O)c3ccccc3)c2cc1C(=O)OCC. The summed E-state index contributed by atoms with van der Waals surface area (Å²) >= 11 is 0. The van der Waals surface area contributed by atoms with Crippen LogP contribution in [0.25, 0.3) is 10.9 Å². The van der Waals surface area contributed by atoms with Crippen LogP contribution in [-0.4, -0.2) is 35.6 Å². The van der Waals surface area contributed by atoms with Gasteiger partial charge in [0.1, 0.15) is 0 Å². The van der Waals surface area contributed by atoms with Crippen LogP contribution in [0.1, 0.15) is 40.1 Å². The van der Waals surface area contributed by atoms with E-state index < -0.39 is 11.9 Å². The molecule has 0 radical (unpaired) electrons. The third-order valence-electron chi connectivity index (χ3n) is 4.29. The van der Waals surface area contributed by atoms with Gasteiger partial charge < -0.3 is 9.47 Å². The smallest absolute Gasteiger partial charge is 0.338 e. The van der Waals surface area contributed by atoms with Crippen molar-refractivity contribution in [2.75, 3.05) is 13.2 Å². The van der Waals surface area contributed by atoms with Gasteiger partial charge in [0.25, 0.3) is 5.91 Å². The normalized spacial score (nSPS) is 10.6. The Morgan fingerprint density at radius 1 is 0.929 bits per heavy atom. The molecule has 1 aromatic heterocycles. The molecule has 2 aromatic carbocycles. The Balaban J connectivity index is 2.08. The average molecular weight is 379 g/mol. The molecule has 0 saturated carbocycles. The zero-order chi connectivity index (χ0) is 20.1. The highest BCUT2D eigenvalue weighted by Crippen LogP contribution is 2.24. The van der Waals surface area contributed by atoms with E-state index in [1.165, 1.54) is 4.57 Å². The predicted molar refractivity (Wildman–Crippen MR) is 104 cm³/mol. The fraction of sp³-hybridized carbons (Fsp3) is 0.227. The minimum absolute atomic E-state index is 0.0459. The molecule has 0 N–H and O–H groups in total. The van der Waals surface area contributed by atoms with Gasteiger partial charge in [-0.1, -0.05) is 18.2 Å². The second-order valence-corrected chi connectivity index (χ2v) is 6.13. The van der Waals surface area contributed by atoms with Crippen LogP contribution in [-0.2, 0) is 20.7 Å². The van der Waals surface area contributed by atoms with Crippen LogP contribution in [0.4, 0.5) is 0 Å². The summed E-state index contributed by atoms with van der Waals surface area (Å²) in [7, 11) is 0. The van der Waals surface area contributed by atoms with Crippen molar-refractivity contribution in [2.45, 2.75) is 20.3 Å². The number of rotatable bonds is 6. The minimum Gasteiger partial charge on any atom is -0.466 e. The van der Waals surface area contributed by atoms with Gasteiger partial charge in [0.15, 0.2) is 0 Å². The maximum atomic E-state index is 12.8. The summed E-state index contributed by atoms with van der Waals surface area (Å²) in [5.74, 6) is -1.17. The van der Waals surface area contributed by atoms with Gasteiger partial charge in [-0.3, -0.25) is 14.2 Å². The predicted octanol–water partition coefficient (Wildman–Crippen LogP) is 3.61. The molecule has 6 heteroatoms. The molecule has 0 amide bonds. The summed E-state index contributed by atoms with van der Waals surface area (Å²) in [5.41, 5.74) is 1.87. The van der Waals surface area contributed by atoms with Gasteiger partial charge in [0, 0.05) is 17.1 Å².